The third-order valence-corrected chi connectivity index (χ3v) is 10.0. The molecule has 38 heavy (non-hydrogen) atoms. The van der Waals surface area contributed by atoms with Crippen LogP contribution in [0.2, 0.25) is 0 Å². The van der Waals surface area contributed by atoms with E-state index in [1.807, 2.05) is 0 Å². The van der Waals surface area contributed by atoms with Gasteiger partial charge in [0.25, 0.3) is 0 Å². The molecule has 0 atom stereocenters. The predicted octanol–water partition coefficient (Wildman–Crippen LogP) is 4.22. The quantitative estimate of drug-likeness (QED) is 0.423. The van der Waals surface area contributed by atoms with Crippen LogP contribution in [0.15, 0.2) is 88.7 Å². The molecule has 1 heterocycles. The van der Waals surface area contributed by atoms with Gasteiger partial charge in [-0.2, -0.15) is 8.61 Å². The van der Waals surface area contributed by atoms with E-state index in [9.17, 15) is 26.0 Å². The third-order valence-electron chi connectivity index (χ3n) is 6.31. The Hall–Kier alpha value is -3.12. The summed E-state index contributed by atoms with van der Waals surface area (Å²) in [6, 6.07) is 19.0. The number of amides is 1. The van der Waals surface area contributed by atoms with E-state index >= 15 is 0 Å². The molecule has 1 aliphatic heterocycles. The second-order valence-electron chi connectivity index (χ2n) is 9.10. The van der Waals surface area contributed by atoms with Crippen LogP contribution in [-0.4, -0.2) is 51.0 Å². The topological polar surface area (TPSA) is 104 Å². The van der Waals surface area contributed by atoms with Crippen LogP contribution in [0.25, 0.3) is 0 Å². The van der Waals surface area contributed by atoms with Gasteiger partial charge in [0.15, 0.2) is 0 Å². The molecule has 11 heteroatoms. The number of halogens is 1. The van der Waals surface area contributed by atoms with E-state index in [2.05, 4.69) is 5.32 Å². The molecule has 0 aromatic heterocycles. The zero-order valence-electron chi connectivity index (χ0n) is 20.8. The van der Waals surface area contributed by atoms with Crippen LogP contribution in [0.5, 0.6) is 0 Å². The number of carbonyl (C=O) groups excluding carboxylic acids is 1. The summed E-state index contributed by atoms with van der Waals surface area (Å²) < 4.78 is 69.3. The molecule has 0 saturated carbocycles. The van der Waals surface area contributed by atoms with Crippen molar-refractivity contribution in [3.8, 4) is 0 Å². The van der Waals surface area contributed by atoms with Crippen molar-refractivity contribution < 1.29 is 26.0 Å². The largest absolute Gasteiger partial charge is 0.325 e. The summed E-state index contributed by atoms with van der Waals surface area (Å²) in [5, 5.41) is 2.67. The molecular weight excluding hydrogens is 529 g/mol. The van der Waals surface area contributed by atoms with E-state index < -0.39 is 38.3 Å². The van der Waals surface area contributed by atoms with Crippen molar-refractivity contribution in [2.75, 3.05) is 25.0 Å². The monoisotopic (exact) mass is 559 g/mol. The Labute approximate surface area is 223 Å². The fourth-order valence-corrected chi connectivity index (χ4v) is 7.17. The molecule has 4 rings (SSSR count). The molecule has 3 aromatic rings. The SMILES string of the molecule is O=C(CN(Cc1ccc(F)cc1)S(=O)(=O)c1ccc(S(=O)(=O)N2CCCCCC2)cc1)Nc1ccccc1. The van der Waals surface area contributed by atoms with Gasteiger partial charge in [-0.1, -0.05) is 43.2 Å². The minimum Gasteiger partial charge on any atom is -0.325 e. The number of nitrogens with zero attached hydrogens (tertiary/aromatic N) is 2. The molecule has 0 radical (unpaired) electrons. The van der Waals surface area contributed by atoms with Gasteiger partial charge in [-0.3, -0.25) is 4.79 Å². The van der Waals surface area contributed by atoms with Crippen LogP contribution < -0.4 is 5.32 Å². The van der Waals surface area contributed by atoms with Gasteiger partial charge in [-0.25, -0.2) is 21.2 Å². The van der Waals surface area contributed by atoms with Gasteiger partial charge in [0.1, 0.15) is 5.82 Å². The molecule has 0 unspecified atom stereocenters. The smallest absolute Gasteiger partial charge is 0.243 e. The summed E-state index contributed by atoms with van der Waals surface area (Å²) in [6.07, 6.45) is 3.53. The second kappa shape index (κ2) is 12.2. The fourth-order valence-electron chi connectivity index (χ4n) is 4.27. The molecule has 0 aliphatic carbocycles. The zero-order chi connectivity index (χ0) is 27.2. The molecule has 0 spiro atoms. The summed E-state index contributed by atoms with van der Waals surface area (Å²) in [6.45, 7) is 0.190. The van der Waals surface area contributed by atoms with Crippen LogP contribution in [0.1, 0.15) is 31.2 Å². The first-order valence-corrected chi connectivity index (χ1v) is 15.2. The number of sulfonamides is 2. The van der Waals surface area contributed by atoms with Crippen molar-refractivity contribution in [2.45, 2.75) is 42.0 Å². The number of rotatable bonds is 9. The molecule has 8 nitrogen and oxygen atoms in total. The highest BCUT2D eigenvalue weighted by Gasteiger charge is 2.29. The van der Waals surface area contributed by atoms with Crippen molar-refractivity contribution in [3.63, 3.8) is 0 Å². The summed E-state index contributed by atoms with van der Waals surface area (Å²) in [5.74, 6) is -1.02. The van der Waals surface area contributed by atoms with Gasteiger partial charge in [0.2, 0.25) is 26.0 Å². The Morgan fingerprint density at radius 2 is 1.37 bits per heavy atom. The molecule has 1 aliphatic rings. The van der Waals surface area contributed by atoms with Crippen molar-refractivity contribution in [2.24, 2.45) is 0 Å². The van der Waals surface area contributed by atoms with E-state index in [0.717, 1.165) is 30.0 Å². The lowest BCUT2D eigenvalue weighted by atomic mass is 10.2. The second-order valence-corrected chi connectivity index (χ2v) is 13.0. The third kappa shape index (κ3) is 6.84. The van der Waals surface area contributed by atoms with E-state index in [1.165, 1.54) is 52.8 Å². The van der Waals surface area contributed by atoms with E-state index in [1.54, 1.807) is 30.3 Å². The molecule has 1 N–H and O–H groups in total. The predicted molar refractivity (Wildman–Crippen MR) is 143 cm³/mol. The molecule has 202 valence electrons. The highest BCUT2D eigenvalue weighted by Crippen LogP contribution is 2.24. The Bertz CT molecular complexity index is 1440. The number of carbonyl (C=O) groups is 1. The Balaban J connectivity index is 1.59. The number of hydrogen-bond donors (Lipinski definition) is 1. The van der Waals surface area contributed by atoms with Crippen LogP contribution in [-0.2, 0) is 31.4 Å². The average molecular weight is 560 g/mol. The molecule has 0 bridgehead atoms. The normalized spacial score (nSPS) is 15.2. The van der Waals surface area contributed by atoms with E-state index in [-0.39, 0.29) is 16.3 Å². The molecular formula is C27H30FN3O5S2. The fraction of sp³-hybridized carbons (Fsp3) is 0.296. The molecule has 1 fully saturated rings. The number of hydrogen-bond acceptors (Lipinski definition) is 5. The standard InChI is InChI=1S/C27H30FN3O5S2/c28-23-12-10-22(11-13-23)20-31(21-27(32)29-24-8-4-3-5-9-24)38(35,36)26-16-14-25(15-17-26)37(33,34)30-18-6-1-2-7-19-30/h3-5,8-17H,1-2,6-7,18-21H2,(H,29,32). The van der Waals surface area contributed by atoms with Gasteiger partial charge < -0.3 is 5.32 Å². The first-order chi connectivity index (χ1) is 18.2. The minimum atomic E-state index is -4.22. The summed E-state index contributed by atoms with van der Waals surface area (Å²) >= 11 is 0. The molecule has 1 saturated heterocycles. The van der Waals surface area contributed by atoms with Crippen molar-refractivity contribution >= 4 is 31.6 Å². The van der Waals surface area contributed by atoms with E-state index in [4.69, 9.17) is 0 Å². The lowest BCUT2D eigenvalue weighted by molar-refractivity contribution is -0.116. The highest BCUT2D eigenvalue weighted by molar-refractivity contribution is 7.89. The Kier molecular flexibility index (Phi) is 8.93. The van der Waals surface area contributed by atoms with Crippen LogP contribution >= 0.6 is 0 Å². The average Bonchev–Trinajstić information content (AvgIpc) is 3.21. The number of para-hydroxylation sites is 1. The first-order valence-electron chi connectivity index (χ1n) is 12.4. The first kappa shape index (κ1) is 27.9. The lowest BCUT2D eigenvalue weighted by Crippen LogP contribution is -2.37. The number of nitrogens with one attached hydrogen (secondary N) is 1. The lowest BCUT2D eigenvalue weighted by Gasteiger charge is -2.23. The molecule has 3 aromatic carbocycles. The minimum absolute atomic E-state index is 0.0188. The summed E-state index contributed by atoms with van der Waals surface area (Å²) in [4.78, 5) is 12.6. The van der Waals surface area contributed by atoms with Crippen molar-refractivity contribution in [3.05, 3.63) is 90.2 Å². The van der Waals surface area contributed by atoms with Crippen molar-refractivity contribution in [1.29, 1.82) is 0 Å². The maximum absolute atomic E-state index is 13.6. The van der Waals surface area contributed by atoms with Gasteiger partial charge in [0, 0.05) is 25.3 Å². The highest BCUT2D eigenvalue weighted by atomic mass is 32.2. The summed E-state index contributed by atoms with van der Waals surface area (Å²) in [7, 11) is -7.97. The van der Waals surface area contributed by atoms with Gasteiger partial charge in [-0.05, 0) is 66.9 Å². The zero-order valence-corrected chi connectivity index (χ0v) is 22.4. The van der Waals surface area contributed by atoms with Gasteiger partial charge >= 0.3 is 0 Å². The molecule has 1 amide bonds. The summed E-state index contributed by atoms with van der Waals surface area (Å²) in [5.41, 5.74) is 1.00. The number of anilines is 1. The maximum Gasteiger partial charge on any atom is 0.243 e. The van der Waals surface area contributed by atoms with E-state index in [0.29, 0.717) is 24.3 Å². The van der Waals surface area contributed by atoms with Crippen LogP contribution in [0, 0.1) is 5.82 Å². The number of benzene rings is 3. The van der Waals surface area contributed by atoms with Crippen LogP contribution in [0.4, 0.5) is 10.1 Å². The van der Waals surface area contributed by atoms with Crippen molar-refractivity contribution in [1.82, 2.24) is 8.61 Å². The van der Waals surface area contributed by atoms with Gasteiger partial charge in [-0.15, -0.1) is 0 Å². The Morgan fingerprint density at radius 1 is 0.789 bits per heavy atom. The maximum atomic E-state index is 13.6. The van der Waals surface area contributed by atoms with Gasteiger partial charge in [0.05, 0.1) is 16.3 Å². The Morgan fingerprint density at radius 3 is 1.97 bits per heavy atom. The van der Waals surface area contributed by atoms with Crippen LogP contribution in [0.3, 0.4) is 0 Å².